The van der Waals surface area contributed by atoms with Crippen molar-refractivity contribution in [2.24, 2.45) is 0 Å². The molecule has 0 radical (unpaired) electrons. The van der Waals surface area contributed by atoms with Crippen molar-refractivity contribution >= 4 is 22.2 Å². The number of nitrogens with zero attached hydrogens (tertiary/aromatic N) is 2. The highest BCUT2D eigenvalue weighted by Crippen LogP contribution is 2.39. The van der Waals surface area contributed by atoms with Gasteiger partial charge in [-0.1, -0.05) is 18.2 Å². The second-order valence-corrected chi connectivity index (χ2v) is 6.31. The van der Waals surface area contributed by atoms with Crippen molar-refractivity contribution in [3.63, 3.8) is 0 Å². The molecule has 1 unspecified atom stereocenters. The topological polar surface area (TPSA) is 36.4 Å². The first-order chi connectivity index (χ1) is 9.70. The molecule has 2 aromatic rings. The summed E-state index contributed by atoms with van der Waals surface area (Å²) in [6, 6.07) is 8.38. The molecular weight excluding hydrogens is 268 g/mol. The number of aliphatic hydroxyl groups excluding tert-OH is 1. The second-order valence-electron chi connectivity index (χ2n) is 5.24. The van der Waals surface area contributed by atoms with E-state index in [2.05, 4.69) is 43.0 Å². The number of fused-ring (bicyclic) bond motifs is 1. The molecule has 0 saturated carbocycles. The van der Waals surface area contributed by atoms with Crippen LogP contribution in [0.1, 0.15) is 42.0 Å². The van der Waals surface area contributed by atoms with Gasteiger partial charge in [-0.05, 0) is 44.7 Å². The summed E-state index contributed by atoms with van der Waals surface area (Å²) in [7, 11) is 0. The highest BCUT2D eigenvalue weighted by molar-refractivity contribution is 7.15. The molecule has 1 heterocycles. The summed E-state index contributed by atoms with van der Waals surface area (Å²) in [5, 5.41) is 11.1. The summed E-state index contributed by atoms with van der Waals surface area (Å²) in [5.74, 6) is 0. The molecule has 1 aromatic carbocycles. The normalized spacial score (nSPS) is 17.9. The van der Waals surface area contributed by atoms with Gasteiger partial charge in [0.15, 0.2) is 5.13 Å². The summed E-state index contributed by atoms with van der Waals surface area (Å²) in [5.41, 5.74) is 3.36. The van der Waals surface area contributed by atoms with E-state index in [1.807, 2.05) is 0 Å². The van der Waals surface area contributed by atoms with Gasteiger partial charge < -0.3 is 10.0 Å². The van der Waals surface area contributed by atoms with Gasteiger partial charge in [0.05, 0.1) is 11.8 Å². The van der Waals surface area contributed by atoms with Crippen LogP contribution in [0.2, 0.25) is 0 Å². The zero-order valence-electron chi connectivity index (χ0n) is 12.0. The van der Waals surface area contributed by atoms with Gasteiger partial charge in [0.1, 0.15) is 0 Å². The van der Waals surface area contributed by atoms with Gasteiger partial charge in [0.25, 0.3) is 0 Å². The summed E-state index contributed by atoms with van der Waals surface area (Å²) in [6.45, 7) is 5.15. The molecule has 106 valence electrons. The predicted molar refractivity (Wildman–Crippen MR) is 83.9 cm³/mol. The molecule has 1 aromatic heterocycles. The molecule has 1 atom stereocenters. The summed E-state index contributed by atoms with van der Waals surface area (Å²) in [6.07, 6.45) is 2.58. The fourth-order valence-corrected chi connectivity index (χ4v) is 4.01. The Balaban J connectivity index is 2.00. The lowest BCUT2D eigenvalue weighted by Crippen LogP contribution is -2.17. The van der Waals surface area contributed by atoms with Crippen molar-refractivity contribution < 1.29 is 5.11 Å². The van der Waals surface area contributed by atoms with Crippen LogP contribution in [-0.4, -0.2) is 16.6 Å². The van der Waals surface area contributed by atoms with Crippen molar-refractivity contribution in [1.29, 1.82) is 0 Å². The Kier molecular flexibility index (Phi) is 3.76. The van der Waals surface area contributed by atoms with Gasteiger partial charge >= 0.3 is 0 Å². The molecule has 1 N–H and O–H groups in total. The van der Waals surface area contributed by atoms with Crippen LogP contribution in [-0.2, 0) is 6.42 Å². The van der Waals surface area contributed by atoms with E-state index >= 15 is 0 Å². The van der Waals surface area contributed by atoms with E-state index in [9.17, 15) is 5.11 Å². The zero-order valence-corrected chi connectivity index (χ0v) is 12.8. The number of aryl methyl sites for hydroxylation is 2. The zero-order chi connectivity index (χ0) is 14.1. The van der Waals surface area contributed by atoms with Crippen molar-refractivity contribution in [2.45, 2.75) is 39.2 Å². The molecule has 0 bridgehead atoms. The molecule has 1 aliphatic rings. The Hall–Kier alpha value is -1.39. The average Bonchev–Trinajstić information content (AvgIpc) is 2.87. The van der Waals surface area contributed by atoms with Crippen LogP contribution in [0, 0.1) is 6.92 Å². The van der Waals surface area contributed by atoms with E-state index < -0.39 is 0 Å². The van der Waals surface area contributed by atoms with Gasteiger partial charge in [-0.2, -0.15) is 0 Å². The largest absolute Gasteiger partial charge is 0.387 e. The molecule has 0 aliphatic heterocycles. The third kappa shape index (κ3) is 2.34. The SMILES string of the molecule is CCN(c1nc2c(s1)CCCC2O)c1ccccc1C. The van der Waals surface area contributed by atoms with Crippen molar-refractivity contribution in [3.8, 4) is 0 Å². The smallest absolute Gasteiger partial charge is 0.190 e. The first-order valence-electron chi connectivity index (χ1n) is 7.21. The minimum absolute atomic E-state index is 0.376. The quantitative estimate of drug-likeness (QED) is 0.928. The van der Waals surface area contributed by atoms with E-state index in [0.717, 1.165) is 36.6 Å². The van der Waals surface area contributed by atoms with Crippen LogP contribution in [0.25, 0.3) is 0 Å². The van der Waals surface area contributed by atoms with Gasteiger partial charge in [-0.3, -0.25) is 0 Å². The monoisotopic (exact) mass is 288 g/mol. The van der Waals surface area contributed by atoms with E-state index in [1.165, 1.54) is 16.1 Å². The van der Waals surface area contributed by atoms with Gasteiger partial charge in [-0.25, -0.2) is 4.98 Å². The van der Waals surface area contributed by atoms with E-state index in [1.54, 1.807) is 11.3 Å². The van der Waals surface area contributed by atoms with Crippen molar-refractivity contribution in [1.82, 2.24) is 4.98 Å². The molecule has 0 fully saturated rings. The van der Waals surface area contributed by atoms with Gasteiger partial charge in [0.2, 0.25) is 0 Å². The molecule has 4 heteroatoms. The molecule has 1 aliphatic carbocycles. The number of aliphatic hydroxyl groups is 1. The Labute approximate surface area is 123 Å². The van der Waals surface area contributed by atoms with Crippen LogP contribution in [0.3, 0.4) is 0 Å². The molecule has 0 amide bonds. The number of hydrogen-bond donors (Lipinski definition) is 1. The first-order valence-corrected chi connectivity index (χ1v) is 8.03. The standard InChI is InChI=1S/C16H20N2OS/c1-3-18(12-8-5-4-7-11(12)2)16-17-15-13(19)9-6-10-14(15)20-16/h4-5,7-8,13,19H,3,6,9-10H2,1-2H3. The number of benzene rings is 1. The number of para-hydroxylation sites is 1. The van der Waals surface area contributed by atoms with Gasteiger partial charge in [-0.15, -0.1) is 11.3 Å². The Morgan fingerprint density at radius 1 is 1.40 bits per heavy atom. The molecule has 0 spiro atoms. The summed E-state index contributed by atoms with van der Waals surface area (Å²) >= 11 is 1.73. The first kappa shape index (κ1) is 13.6. The second kappa shape index (κ2) is 5.54. The highest BCUT2D eigenvalue weighted by Gasteiger charge is 2.25. The van der Waals surface area contributed by atoms with E-state index in [0.29, 0.717) is 0 Å². The van der Waals surface area contributed by atoms with Crippen molar-refractivity contribution in [3.05, 3.63) is 40.4 Å². The Morgan fingerprint density at radius 2 is 2.20 bits per heavy atom. The minimum atomic E-state index is -0.376. The molecule has 0 saturated heterocycles. The maximum absolute atomic E-state index is 10.1. The lowest BCUT2D eigenvalue weighted by molar-refractivity contribution is 0.153. The van der Waals surface area contributed by atoms with Crippen LogP contribution in [0.4, 0.5) is 10.8 Å². The lowest BCUT2D eigenvalue weighted by atomic mass is 10.0. The average molecular weight is 288 g/mol. The maximum Gasteiger partial charge on any atom is 0.190 e. The fourth-order valence-electron chi connectivity index (χ4n) is 2.77. The minimum Gasteiger partial charge on any atom is -0.387 e. The number of aromatic nitrogens is 1. The third-order valence-corrected chi connectivity index (χ3v) is 5.02. The van der Waals surface area contributed by atoms with E-state index in [-0.39, 0.29) is 6.10 Å². The van der Waals surface area contributed by atoms with Crippen LogP contribution < -0.4 is 4.90 Å². The number of rotatable bonds is 3. The molecule has 3 nitrogen and oxygen atoms in total. The number of thiazole rings is 1. The predicted octanol–water partition coefficient (Wildman–Crippen LogP) is 3.98. The van der Waals surface area contributed by atoms with E-state index in [4.69, 9.17) is 4.98 Å². The highest BCUT2D eigenvalue weighted by atomic mass is 32.1. The third-order valence-electron chi connectivity index (χ3n) is 3.87. The van der Waals surface area contributed by atoms with Crippen molar-refractivity contribution in [2.75, 3.05) is 11.4 Å². The number of hydrogen-bond acceptors (Lipinski definition) is 4. The maximum atomic E-state index is 10.1. The molecular formula is C16H20N2OS. The Bertz CT molecular complexity index is 608. The van der Waals surface area contributed by atoms with Crippen LogP contribution >= 0.6 is 11.3 Å². The fraction of sp³-hybridized carbons (Fsp3) is 0.438. The van der Waals surface area contributed by atoms with Crippen LogP contribution in [0.15, 0.2) is 24.3 Å². The molecule has 3 rings (SSSR count). The van der Waals surface area contributed by atoms with Crippen LogP contribution in [0.5, 0.6) is 0 Å². The number of anilines is 2. The summed E-state index contributed by atoms with van der Waals surface area (Å²) < 4.78 is 0. The molecule has 20 heavy (non-hydrogen) atoms. The lowest BCUT2D eigenvalue weighted by Gasteiger charge is -2.21. The van der Waals surface area contributed by atoms with Gasteiger partial charge in [0, 0.05) is 17.1 Å². The summed E-state index contributed by atoms with van der Waals surface area (Å²) in [4.78, 5) is 8.21. The Morgan fingerprint density at radius 3 is 2.90 bits per heavy atom.